The molecule has 0 bridgehead atoms. The Kier molecular flexibility index (Phi) is 21.3. The van der Waals surface area contributed by atoms with E-state index in [1.54, 1.807) is 0 Å². The minimum Gasteiger partial charge on any atom is -0.323 e. The van der Waals surface area contributed by atoms with Gasteiger partial charge < -0.3 is 5.32 Å². The molecule has 6 aromatic heterocycles. The van der Waals surface area contributed by atoms with Crippen LogP contribution < -0.4 is 5.32 Å². The quantitative estimate of drug-likeness (QED) is 0.152. The first-order valence-electron chi connectivity index (χ1n) is 22.9. The van der Waals surface area contributed by atoms with Gasteiger partial charge in [0.1, 0.15) is 0 Å². The van der Waals surface area contributed by atoms with Gasteiger partial charge in [0.05, 0.1) is 0 Å². The van der Waals surface area contributed by atoms with Crippen LogP contribution >= 0.6 is 68.0 Å². The maximum atomic E-state index is 2.75. The van der Waals surface area contributed by atoms with Crippen LogP contribution in [0.15, 0.2) is 78.2 Å². The molecule has 7 rings (SSSR count). The van der Waals surface area contributed by atoms with E-state index in [-0.39, 0.29) is 10.8 Å². The monoisotopic (exact) mass is 943 g/mol. The second kappa shape index (κ2) is 24.6. The minimum atomic E-state index is 0.0626. The van der Waals surface area contributed by atoms with Crippen molar-refractivity contribution in [2.45, 2.75) is 153 Å². The van der Waals surface area contributed by atoms with E-state index in [9.17, 15) is 0 Å². The molecule has 1 aromatic carbocycles. The van der Waals surface area contributed by atoms with Crippen molar-refractivity contribution in [2.75, 3.05) is 14.1 Å². The normalized spacial score (nSPS) is 11.3. The van der Waals surface area contributed by atoms with Crippen molar-refractivity contribution in [1.82, 2.24) is 5.32 Å². The summed E-state index contributed by atoms with van der Waals surface area (Å²) in [7, 11) is 3.75. The van der Waals surface area contributed by atoms with Crippen molar-refractivity contribution in [1.29, 1.82) is 0 Å². The summed E-state index contributed by atoms with van der Waals surface area (Å²) in [6, 6.07) is 28.6. The second-order valence-corrected chi connectivity index (χ2v) is 24.1. The Labute approximate surface area is 402 Å². The molecule has 0 amide bonds. The highest BCUT2D eigenvalue weighted by Gasteiger charge is 2.33. The maximum absolute atomic E-state index is 2.75. The lowest BCUT2D eigenvalue weighted by Gasteiger charge is -2.25. The van der Waals surface area contributed by atoms with Crippen molar-refractivity contribution in [2.24, 2.45) is 0 Å². The molecule has 0 saturated heterocycles. The van der Waals surface area contributed by atoms with Crippen molar-refractivity contribution in [3.63, 3.8) is 0 Å². The molecule has 7 heteroatoms. The first kappa shape index (κ1) is 53.7. The number of aryl methyl sites for hydroxylation is 1. The average Bonchev–Trinajstić information content (AvgIpc) is 4.09. The van der Waals surface area contributed by atoms with Crippen LogP contribution in [0.4, 0.5) is 0 Å². The lowest BCUT2D eigenvalue weighted by Crippen LogP contribution is -2.07. The number of benzene rings is 1. The summed E-state index contributed by atoms with van der Waals surface area (Å²) in [5, 5.41) is 5.01. The Bertz CT molecular complexity index is 2350. The lowest BCUT2D eigenvalue weighted by atomic mass is 9.82. The topological polar surface area (TPSA) is 12.0 Å². The Morgan fingerprint density at radius 1 is 0.452 bits per heavy atom. The highest BCUT2D eigenvalue weighted by Crippen LogP contribution is 2.60. The zero-order valence-electron chi connectivity index (χ0n) is 41.5. The Hall–Kier alpha value is -2.62. The van der Waals surface area contributed by atoms with E-state index in [0.717, 1.165) is 6.42 Å². The summed E-state index contributed by atoms with van der Waals surface area (Å²) in [6.07, 6.45) is 2.29. The van der Waals surface area contributed by atoms with Gasteiger partial charge in [0.15, 0.2) is 0 Å². The zero-order chi connectivity index (χ0) is 46.5. The third kappa shape index (κ3) is 12.8. The van der Waals surface area contributed by atoms with Crippen LogP contribution in [0.5, 0.6) is 0 Å². The van der Waals surface area contributed by atoms with Crippen LogP contribution in [0, 0.1) is 0 Å². The molecule has 0 fully saturated rings. The molecule has 338 valence electrons. The Morgan fingerprint density at radius 2 is 0.774 bits per heavy atom. The average molecular weight is 945 g/mol. The van der Waals surface area contributed by atoms with Crippen LogP contribution in [0.1, 0.15) is 160 Å². The fourth-order valence-corrected chi connectivity index (χ4v) is 12.9. The van der Waals surface area contributed by atoms with Gasteiger partial charge >= 0.3 is 0 Å². The molecule has 0 radical (unpaired) electrons. The van der Waals surface area contributed by atoms with Crippen LogP contribution in [0.3, 0.4) is 0 Å². The molecular formula is C55H77NS6. The number of hydrogen-bond acceptors (Lipinski definition) is 7. The summed E-state index contributed by atoms with van der Waals surface area (Å²) in [4.78, 5) is 15.3. The molecule has 0 atom stereocenters. The fourth-order valence-electron chi connectivity index (χ4n) is 6.70. The van der Waals surface area contributed by atoms with Crippen molar-refractivity contribution >= 4 is 68.0 Å². The molecule has 0 saturated carbocycles. The smallest absolute Gasteiger partial charge is 0.0359 e. The second-order valence-electron chi connectivity index (χ2n) is 17.6. The van der Waals surface area contributed by atoms with E-state index in [0.29, 0.717) is 11.8 Å². The summed E-state index contributed by atoms with van der Waals surface area (Å²) in [5.41, 5.74) is 8.43. The summed E-state index contributed by atoms with van der Waals surface area (Å²) in [6.45, 7) is 37.9. The molecule has 1 N–H and O–H groups in total. The summed E-state index contributed by atoms with van der Waals surface area (Å²) < 4.78 is 0. The van der Waals surface area contributed by atoms with Gasteiger partial charge in [0, 0.05) is 87.0 Å². The van der Waals surface area contributed by atoms with Gasteiger partial charge in [-0.05, 0) is 115 Å². The third-order valence-corrected chi connectivity index (χ3v) is 17.6. The van der Waals surface area contributed by atoms with Gasteiger partial charge in [-0.2, -0.15) is 0 Å². The van der Waals surface area contributed by atoms with Gasteiger partial charge in [0.25, 0.3) is 0 Å². The van der Waals surface area contributed by atoms with E-state index in [4.69, 9.17) is 0 Å². The van der Waals surface area contributed by atoms with E-state index in [1.807, 2.05) is 110 Å². The van der Waals surface area contributed by atoms with Gasteiger partial charge in [-0.25, -0.2) is 0 Å². The molecule has 0 aliphatic rings. The number of thiophene rings is 6. The summed E-state index contributed by atoms with van der Waals surface area (Å²) in [5.74, 6) is 0.937. The summed E-state index contributed by atoms with van der Waals surface area (Å²) >= 11 is 11.8. The lowest BCUT2D eigenvalue weighted by molar-refractivity contribution is 0.603. The number of rotatable bonds is 9. The first-order chi connectivity index (χ1) is 29.5. The highest BCUT2D eigenvalue weighted by molar-refractivity contribution is 7.19. The molecule has 62 heavy (non-hydrogen) atoms. The van der Waals surface area contributed by atoms with Crippen LogP contribution in [-0.2, 0) is 17.3 Å². The van der Waals surface area contributed by atoms with E-state index in [1.165, 1.54) is 93.5 Å². The van der Waals surface area contributed by atoms with Crippen molar-refractivity contribution in [3.05, 3.63) is 103 Å². The van der Waals surface area contributed by atoms with Gasteiger partial charge in [-0.1, -0.05) is 130 Å². The molecule has 0 spiro atoms. The van der Waals surface area contributed by atoms with Crippen LogP contribution in [0.25, 0.3) is 62.6 Å². The van der Waals surface area contributed by atoms with Gasteiger partial charge in [-0.15, -0.1) is 68.0 Å². The zero-order valence-corrected chi connectivity index (χ0v) is 46.4. The Balaban J connectivity index is 0.000000944. The highest BCUT2D eigenvalue weighted by atomic mass is 32.1. The van der Waals surface area contributed by atoms with Crippen LogP contribution in [-0.4, -0.2) is 14.1 Å². The number of nitrogens with one attached hydrogen (secondary N) is 1. The van der Waals surface area contributed by atoms with Gasteiger partial charge in [0.2, 0.25) is 0 Å². The molecule has 0 aliphatic carbocycles. The molecule has 6 heterocycles. The predicted molar refractivity (Wildman–Crippen MR) is 295 cm³/mol. The molecule has 0 aliphatic heterocycles. The Morgan fingerprint density at radius 3 is 1.05 bits per heavy atom. The van der Waals surface area contributed by atoms with Crippen molar-refractivity contribution < 1.29 is 0 Å². The van der Waals surface area contributed by atoms with Gasteiger partial charge in [-0.3, -0.25) is 0 Å². The molecule has 7 aromatic rings. The van der Waals surface area contributed by atoms with E-state index >= 15 is 0 Å². The predicted octanol–water partition coefficient (Wildman–Crippen LogP) is 20.8. The molecule has 1 nitrogen and oxygen atoms in total. The van der Waals surface area contributed by atoms with Crippen molar-refractivity contribution in [3.8, 4) is 62.6 Å². The van der Waals surface area contributed by atoms with E-state index < -0.39 is 0 Å². The van der Waals surface area contributed by atoms with Crippen LogP contribution in [0.2, 0.25) is 0 Å². The molecule has 0 unspecified atom stereocenters. The SMILES string of the molecule is CC.CC.CCC.CCc1ccc(-c2c(-c3ccc(C(C)C)s3)c(-c3cccs3)c(-c3ccc(C(C)(C)C)s3)c(-c3ccc(C(C)C)s3)c2-c2ccc(C(C)(C)C)s2)s1.CNC. The van der Waals surface area contributed by atoms with E-state index in [2.05, 4.69) is 174 Å². The largest absolute Gasteiger partial charge is 0.323 e. The minimum absolute atomic E-state index is 0.0626. The maximum Gasteiger partial charge on any atom is 0.0359 e. The first-order valence-corrected chi connectivity index (χ1v) is 27.8. The fraction of sp³-hybridized carbons (Fsp3) is 0.455. The molecular weight excluding hydrogens is 867 g/mol. The standard InChI is InChI=1S/C46H50S6.C3H8.C2H7N.2C2H6/c1-12-28-15-16-32(48-28)40-41(33-19-17-29(49-33)26(2)3)39(31-14-13-25-47-31)43(35-21-23-37(51-35)45(6,7)8)42(34-20-18-30(50-34)27(4)5)44(40)36-22-24-38(52-36)46(9,10)11;2*1-3-2;2*1-2/h13-27H,12H2,1-11H3;3H2,1-2H3;3H,1-2H3;2*1-2H3. The number of hydrogen-bond donors (Lipinski definition) is 1. The third-order valence-electron chi connectivity index (χ3n) is 9.59.